The molecule has 2 aromatic carbocycles. The molecule has 0 fully saturated rings. The normalized spacial score (nSPS) is 13.7. The number of para-hydroxylation sites is 1. The average Bonchev–Trinajstić information content (AvgIpc) is 2.66. The third-order valence-electron chi connectivity index (χ3n) is 4.41. The first-order chi connectivity index (χ1) is 11.8. The number of methoxy groups -OCH3 is 2. The number of benzene rings is 2. The number of aromatic nitrogens is 2. The molecule has 24 heavy (non-hydrogen) atoms. The summed E-state index contributed by atoms with van der Waals surface area (Å²) >= 11 is 0. The minimum Gasteiger partial charge on any atom is -0.497 e. The Morgan fingerprint density at radius 1 is 1.00 bits per heavy atom. The fourth-order valence-electron chi connectivity index (χ4n) is 3.26. The summed E-state index contributed by atoms with van der Waals surface area (Å²) in [5.41, 5.74) is 3.34. The largest absolute Gasteiger partial charge is 0.497 e. The zero-order chi connectivity index (χ0) is 16.5. The highest BCUT2D eigenvalue weighted by molar-refractivity contribution is 5.92. The van der Waals surface area contributed by atoms with Crippen LogP contribution in [0.15, 0.2) is 42.5 Å². The monoisotopic (exact) mass is 321 g/mol. The molecule has 0 radical (unpaired) electrons. The van der Waals surface area contributed by atoms with Gasteiger partial charge in [-0.3, -0.25) is 0 Å². The standard InChI is InChI=1S/C19H19N3O2/c1-23-14-9-10-17-13(12-14)6-5-11-22(17)18-15-7-3-4-8-16(15)20-19(21-18)24-2/h3-4,7-10,12H,5-6,11H2,1-2H3. The molecule has 5 nitrogen and oxygen atoms in total. The molecule has 5 heteroatoms. The van der Waals surface area contributed by atoms with Crippen LogP contribution < -0.4 is 14.4 Å². The maximum Gasteiger partial charge on any atom is 0.318 e. The average molecular weight is 321 g/mol. The van der Waals surface area contributed by atoms with Crippen LogP contribution in [-0.4, -0.2) is 30.7 Å². The Hall–Kier alpha value is -2.82. The summed E-state index contributed by atoms with van der Waals surface area (Å²) in [4.78, 5) is 11.4. The lowest BCUT2D eigenvalue weighted by Gasteiger charge is -2.31. The Labute approximate surface area is 140 Å². The molecule has 1 aliphatic rings. The molecule has 0 N–H and O–H groups in total. The van der Waals surface area contributed by atoms with Crippen LogP contribution in [-0.2, 0) is 6.42 Å². The van der Waals surface area contributed by atoms with Crippen LogP contribution in [0.2, 0.25) is 0 Å². The molecule has 0 spiro atoms. The van der Waals surface area contributed by atoms with E-state index in [0.717, 1.165) is 41.9 Å². The first-order valence-electron chi connectivity index (χ1n) is 8.05. The van der Waals surface area contributed by atoms with Gasteiger partial charge in [0.25, 0.3) is 0 Å². The van der Waals surface area contributed by atoms with Gasteiger partial charge in [-0.1, -0.05) is 12.1 Å². The van der Waals surface area contributed by atoms with Gasteiger partial charge in [0.05, 0.1) is 19.7 Å². The van der Waals surface area contributed by atoms with Gasteiger partial charge in [-0.15, -0.1) is 0 Å². The van der Waals surface area contributed by atoms with Crippen LogP contribution in [0.4, 0.5) is 11.5 Å². The quantitative estimate of drug-likeness (QED) is 0.735. The molecule has 122 valence electrons. The van der Waals surface area contributed by atoms with Crippen LogP contribution in [0, 0.1) is 0 Å². The van der Waals surface area contributed by atoms with Gasteiger partial charge in [0.2, 0.25) is 0 Å². The van der Waals surface area contributed by atoms with E-state index in [1.807, 2.05) is 24.3 Å². The zero-order valence-corrected chi connectivity index (χ0v) is 13.8. The second-order valence-corrected chi connectivity index (χ2v) is 5.80. The summed E-state index contributed by atoms with van der Waals surface area (Å²) in [6.45, 7) is 0.920. The van der Waals surface area contributed by atoms with E-state index in [9.17, 15) is 0 Å². The third kappa shape index (κ3) is 2.42. The smallest absolute Gasteiger partial charge is 0.318 e. The fourth-order valence-corrected chi connectivity index (χ4v) is 3.26. The highest BCUT2D eigenvalue weighted by Gasteiger charge is 2.22. The van der Waals surface area contributed by atoms with Crippen LogP contribution in [0.5, 0.6) is 11.8 Å². The Balaban J connectivity index is 1.90. The number of hydrogen-bond donors (Lipinski definition) is 0. The van der Waals surface area contributed by atoms with E-state index in [1.54, 1.807) is 14.2 Å². The number of anilines is 2. The van der Waals surface area contributed by atoms with Crippen molar-refractivity contribution in [1.82, 2.24) is 9.97 Å². The van der Waals surface area contributed by atoms with E-state index in [1.165, 1.54) is 11.3 Å². The lowest BCUT2D eigenvalue weighted by Crippen LogP contribution is -2.25. The number of ether oxygens (including phenoxy) is 2. The maximum atomic E-state index is 5.36. The Kier molecular flexibility index (Phi) is 3.69. The topological polar surface area (TPSA) is 47.5 Å². The molecule has 0 saturated carbocycles. The maximum absolute atomic E-state index is 5.36. The number of nitrogens with zero attached hydrogens (tertiary/aromatic N) is 3. The molecule has 0 amide bonds. The number of hydrogen-bond acceptors (Lipinski definition) is 5. The van der Waals surface area contributed by atoms with Crippen molar-refractivity contribution >= 4 is 22.4 Å². The van der Waals surface area contributed by atoms with Crippen molar-refractivity contribution in [2.45, 2.75) is 12.8 Å². The highest BCUT2D eigenvalue weighted by atomic mass is 16.5. The van der Waals surface area contributed by atoms with E-state index in [4.69, 9.17) is 9.47 Å². The third-order valence-corrected chi connectivity index (χ3v) is 4.41. The number of rotatable bonds is 3. The molecule has 1 aliphatic heterocycles. The SMILES string of the molecule is COc1ccc2c(c1)CCCN2c1nc(OC)nc2ccccc12. The van der Waals surface area contributed by atoms with Crippen LogP contribution >= 0.6 is 0 Å². The van der Waals surface area contributed by atoms with Gasteiger partial charge >= 0.3 is 6.01 Å². The minimum absolute atomic E-state index is 0.393. The first kappa shape index (κ1) is 14.8. The van der Waals surface area contributed by atoms with E-state index < -0.39 is 0 Å². The first-order valence-corrected chi connectivity index (χ1v) is 8.05. The van der Waals surface area contributed by atoms with Gasteiger partial charge in [-0.2, -0.15) is 9.97 Å². The minimum atomic E-state index is 0.393. The van der Waals surface area contributed by atoms with Gasteiger partial charge < -0.3 is 14.4 Å². The van der Waals surface area contributed by atoms with Gasteiger partial charge in [0, 0.05) is 17.6 Å². The zero-order valence-electron chi connectivity index (χ0n) is 13.8. The summed E-state index contributed by atoms with van der Waals surface area (Å²) in [7, 11) is 3.30. The predicted molar refractivity (Wildman–Crippen MR) is 94.4 cm³/mol. The molecular formula is C19H19N3O2. The molecule has 4 rings (SSSR count). The second-order valence-electron chi connectivity index (χ2n) is 5.80. The van der Waals surface area contributed by atoms with Crippen molar-refractivity contribution in [2.75, 3.05) is 25.7 Å². The summed E-state index contributed by atoms with van der Waals surface area (Å²) in [6.07, 6.45) is 2.12. The molecule has 0 unspecified atom stereocenters. The molecule has 0 bridgehead atoms. The lowest BCUT2D eigenvalue weighted by molar-refractivity contribution is 0.382. The van der Waals surface area contributed by atoms with E-state index >= 15 is 0 Å². The number of aryl methyl sites for hydroxylation is 1. The molecule has 0 saturated heterocycles. The van der Waals surface area contributed by atoms with Crippen molar-refractivity contribution < 1.29 is 9.47 Å². The van der Waals surface area contributed by atoms with Gasteiger partial charge in [-0.25, -0.2) is 0 Å². The summed E-state index contributed by atoms with van der Waals surface area (Å²) in [5, 5.41) is 1.03. The Morgan fingerprint density at radius 2 is 1.88 bits per heavy atom. The van der Waals surface area contributed by atoms with Gasteiger partial charge in [-0.05, 0) is 48.7 Å². The predicted octanol–water partition coefficient (Wildman–Crippen LogP) is 3.73. The summed E-state index contributed by atoms with van der Waals surface area (Å²) in [6, 6.07) is 14.7. The lowest BCUT2D eigenvalue weighted by atomic mass is 10.0. The molecule has 0 aliphatic carbocycles. The summed E-state index contributed by atoms with van der Waals surface area (Å²) in [5.74, 6) is 1.78. The highest BCUT2D eigenvalue weighted by Crippen LogP contribution is 2.37. The van der Waals surface area contributed by atoms with E-state index in [0.29, 0.717) is 6.01 Å². The Bertz CT molecular complexity index is 895. The molecule has 3 aromatic rings. The van der Waals surface area contributed by atoms with Gasteiger partial charge in [0.15, 0.2) is 0 Å². The molecule has 1 aromatic heterocycles. The van der Waals surface area contributed by atoms with Crippen LogP contribution in [0.25, 0.3) is 10.9 Å². The molecular weight excluding hydrogens is 302 g/mol. The van der Waals surface area contributed by atoms with Crippen molar-refractivity contribution in [1.29, 1.82) is 0 Å². The van der Waals surface area contributed by atoms with E-state index in [2.05, 4.69) is 33.1 Å². The Morgan fingerprint density at radius 3 is 2.71 bits per heavy atom. The van der Waals surface area contributed by atoms with Crippen LogP contribution in [0.1, 0.15) is 12.0 Å². The van der Waals surface area contributed by atoms with Crippen molar-refractivity contribution in [3.05, 3.63) is 48.0 Å². The van der Waals surface area contributed by atoms with Crippen molar-refractivity contribution in [2.24, 2.45) is 0 Å². The molecule has 2 heterocycles. The summed E-state index contributed by atoms with van der Waals surface area (Å²) < 4.78 is 10.7. The van der Waals surface area contributed by atoms with Crippen molar-refractivity contribution in [3.63, 3.8) is 0 Å². The van der Waals surface area contributed by atoms with Gasteiger partial charge in [0.1, 0.15) is 11.6 Å². The second kappa shape index (κ2) is 6.00. The van der Waals surface area contributed by atoms with Crippen molar-refractivity contribution in [3.8, 4) is 11.8 Å². The fraction of sp³-hybridized carbons (Fsp3) is 0.263. The van der Waals surface area contributed by atoms with E-state index in [-0.39, 0.29) is 0 Å². The number of fused-ring (bicyclic) bond motifs is 2. The molecule has 0 atom stereocenters. The van der Waals surface area contributed by atoms with Crippen LogP contribution in [0.3, 0.4) is 0 Å².